The highest BCUT2D eigenvalue weighted by molar-refractivity contribution is 7.26. The second-order valence-electron chi connectivity index (χ2n) is 7.18. The third kappa shape index (κ3) is 3.59. The van der Waals surface area contributed by atoms with E-state index < -0.39 is 4.92 Å². The Morgan fingerprint density at radius 3 is 2.47 bits per heavy atom. The maximum atomic E-state index is 11.0. The number of nitro groups is 1. The number of rotatable bonds is 5. The van der Waals surface area contributed by atoms with Gasteiger partial charge in [-0.25, -0.2) is 15.0 Å². The fourth-order valence-electron chi connectivity index (χ4n) is 3.72. The zero-order valence-corrected chi connectivity index (χ0v) is 19.2. The topological polar surface area (TPSA) is 115 Å². The normalized spacial score (nSPS) is 11.0. The molecule has 5 aromatic rings. The molecule has 0 saturated carbocycles. The Hall–Kier alpha value is -4.13. The van der Waals surface area contributed by atoms with E-state index in [1.165, 1.54) is 23.5 Å². The maximum Gasteiger partial charge on any atom is 0.269 e. The molecule has 0 atom stereocenters. The molecule has 0 bridgehead atoms. The Balaban J connectivity index is 1.85. The number of halogens is 1. The third-order valence-electron chi connectivity index (χ3n) is 5.18. The van der Waals surface area contributed by atoms with Crippen molar-refractivity contribution in [2.75, 3.05) is 6.61 Å². The summed E-state index contributed by atoms with van der Waals surface area (Å²) >= 11 is 7.89. The van der Waals surface area contributed by atoms with Crippen LogP contribution in [0.15, 0.2) is 54.6 Å². The summed E-state index contributed by atoms with van der Waals surface area (Å²) in [5.41, 5.74) is 2.89. The van der Waals surface area contributed by atoms with E-state index in [0.717, 1.165) is 5.56 Å². The van der Waals surface area contributed by atoms with Crippen LogP contribution >= 0.6 is 22.9 Å². The number of benzene rings is 2. The van der Waals surface area contributed by atoms with Gasteiger partial charge in [-0.15, -0.1) is 11.3 Å². The second-order valence-corrected chi connectivity index (χ2v) is 8.54. The molecule has 0 aliphatic rings. The van der Waals surface area contributed by atoms with Crippen LogP contribution in [0, 0.1) is 21.4 Å². The Morgan fingerprint density at radius 1 is 1.09 bits per heavy atom. The van der Waals surface area contributed by atoms with E-state index in [1.807, 2.05) is 37.3 Å². The third-order valence-corrected chi connectivity index (χ3v) is 6.65. The molecule has 5 rings (SSSR count). The minimum atomic E-state index is -0.468. The molecule has 10 heteroatoms. The molecule has 0 aliphatic heterocycles. The summed E-state index contributed by atoms with van der Waals surface area (Å²) in [5, 5.41) is 22.0. The number of ether oxygens (including phenoxy) is 1. The Kier molecular flexibility index (Phi) is 5.53. The van der Waals surface area contributed by atoms with Gasteiger partial charge in [-0.2, -0.15) is 5.26 Å². The number of non-ortho nitro benzene ring substituents is 1. The highest BCUT2D eigenvalue weighted by atomic mass is 35.5. The number of nitro benzene ring substituents is 1. The van der Waals surface area contributed by atoms with Crippen LogP contribution in [0.4, 0.5) is 5.69 Å². The van der Waals surface area contributed by atoms with E-state index in [2.05, 4.69) is 16.0 Å². The van der Waals surface area contributed by atoms with Gasteiger partial charge in [-0.1, -0.05) is 41.9 Å². The van der Waals surface area contributed by atoms with Crippen molar-refractivity contribution >= 4 is 49.1 Å². The van der Waals surface area contributed by atoms with Crippen molar-refractivity contribution in [3.05, 3.63) is 75.4 Å². The first-order valence-corrected chi connectivity index (χ1v) is 11.4. The van der Waals surface area contributed by atoms with Crippen LogP contribution in [0.25, 0.3) is 42.9 Å². The summed E-state index contributed by atoms with van der Waals surface area (Å²) < 4.78 is 6.33. The number of hydrogen-bond acceptors (Lipinski definition) is 8. The van der Waals surface area contributed by atoms with Gasteiger partial charge in [-0.05, 0) is 24.6 Å². The molecule has 166 valence electrons. The summed E-state index contributed by atoms with van der Waals surface area (Å²) in [5.74, 6) is 0.570. The lowest BCUT2D eigenvalue weighted by Gasteiger charge is -2.11. The van der Waals surface area contributed by atoms with Crippen LogP contribution in [0.1, 0.15) is 12.5 Å². The molecule has 0 aliphatic carbocycles. The van der Waals surface area contributed by atoms with Gasteiger partial charge >= 0.3 is 0 Å². The SMILES string of the molecule is CCOc1nc2sc3c(Cl)nc(-c4ccc([N+](=O)[O-])cc4)nc3c2c(-c2ccccc2)c1C#N. The maximum absolute atomic E-state index is 11.0. The van der Waals surface area contributed by atoms with Crippen molar-refractivity contribution in [1.82, 2.24) is 15.0 Å². The molecule has 0 saturated heterocycles. The van der Waals surface area contributed by atoms with Gasteiger partial charge in [0, 0.05) is 28.6 Å². The molecule has 0 radical (unpaired) electrons. The number of nitrogens with zero attached hydrogens (tertiary/aromatic N) is 5. The zero-order valence-electron chi connectivity index (χ0n) is 17.7. The first-order valence-electron chi connectivity index (χ1n) is 10.2. The standard InChI is InChI=1S/C24H14ClN5O3S/c1-2-33-23-16(12-26)17(13-6-4-3-5-7-13)18-19-20(34-24(18)29-23)21(25)28-22(27-19)14-8-10-15(11-9-14)30(31)32/h3-11H,2H2,1H3. The number of thiophene rings is 1. The fraction of sp³-hybridized carbons (Fsp3) is 0.0833. The number of nitriles is 1. The van der Waals surface area contributed by atoms with Crippen molar-refractivity contribution < 1.29 is 9.66 Å². The molecule has 2 aromatic carbocycles. The molecule has 0 fully saturated rings. The summed E-state index contributed by atoms with van der Waals surface area (Å²) in [6, 6.07) is 17.7. The minimum Gasteiger partial charge on any atom is -0.477 e. The monoisotopic (exact) mass is 487 g/mol. The molecular weight excluding hydrogens is 474 g/mol. The fourth-order valence-corrected chi connectivity index (χ4v) is 5.00. The average Bonchev–Trinajstić information content (AvgIpc) is 3.22. The largest absolute Gasteiger partial charge is 0.477 e. The van der Waals surface area contributed by atoms with Gasteiger partial charge in [0.15, 0.2) is 11.0 Å². The molecule has 34 heavy (non-hydrogen) atoms. The van der Waals surface area contributed by atoms with Crippen LogP contribution in [0.3, 0.4) is 0 Å². The van der Waals surface area contributed by atoms with E-state index in [4.69, 9.17) is 21.3 Å². The Labute approximate surface area is 202 Å². The highest BCUT2D eigenvalue weighted by Gasteiger charge is 2.24. The summed E-state index contributed by atoms with van der Waals surface area (Å²) in [6.45, 7) is 2.19. The summed E-state index contributed by atoms with van der Waals surface area (Å²) in [4.78, 5) is 24.9. The van der Waals surface area contributed by atoms with E-state index in [-0.39, 0.29) is 16.7 Å². The molecule has 0 spiro atoms. The number of hydrogen-bond donors (Lipinski definition) is 0. The molecule has 3 aromatic heterocycles. The predicted molar refractivity (Wildman–Crippen MR) is 131 cm³/mol. The predicted octanol–water partition coefficient (Wildman–Crippen LogP) is 6.41. The zero-order chi connectivity index (χ0) is 23.8. The Morgan fingerprint density at radius 2 is 1.82 bits per heavy atom. The van der Waals surface area contributed by atoms with E-state index in [0.29, 0.717) is 49.6 Å². The van der Waals surface area contributed by atoms with Gasteiger partial charge in [0.1, 0.15) is 16.5 Å². The molecule has 0 unspecified atom stereocenters. The molecule has 0 N–H and O–H groups in total. The summed E-state index contributed by atoms with van der Waals surface area (Å²) in [7, 11) is 0. The molecule has 0 amide bonds. The van der Waals surface area contributed by atoms with Crippen LogP contribution in [-0.4, -0.2) is 26.5 Å². The van der Waals surface area contributed by atoms with E-state index in [1.54, 1.807) is 12.1 Å². The van der Waals surface area contributed by atoms with Gasteiger partial charge in [-0.3, -0.25) is 10.1 Å². The highest BCUT2D eigenvalue weighted by Crippen LogP contribution is 2.44. The lowest BCUT2D eigenvalue weighted by atomic mass is 9.98. The number of aromatic nitrogens is 3. The van der Waals surface area contributed by atoms with Crippen molar-refractivity contribution in [1.29, 1.82) is 5.26 Å². The first-order chi connectivity index (χ1) is 16.5. The second kappa shape index (κ2) is 8.67. The van der Waals surface area contributed by atoms with Gasteiger partial charge < -0.3 is 4.74 Å². The molecule has 3 heterocycles. The van der Waals surface area contributed by atoms with E-state index >= 15 is 0 Å². The van der Waals surface area contributed by atoms with Gasteiger partial charge in [0.2, 0.25) is 5.88 Å². The lowest BCUT2D eigenvalue weighted by molar-refractivity contribution is -0.384. The number of fused-ring (bicyclic) bond motifs is 3. The van der Waals surface area contributed by atoms with Gasteiger partial charge in [0.05, 0.1) is 21.7 Å². The minimum absolute atomic E-state index is 0.0328. The summed E-state index contributed by atoms with van der Waals surface area (Å²) in [6.07, 6.45) is 0. The Bertz CT molecular complexity index is 1610. The smallest absolute Gasteiger partial charge is 0.269 e. The van der Waals surface area contributed by atoms with Crippen LogP contribution in [0.5, 0.6) is 5.88 Å². The van der Waals surface area contributed by atoms with Crippen molar-refractivity contribution in [3.63, 3.8) is 0 Å². The van der Waals surface area contributed by atoms with Crippen molar-refractivity contribution in [2.45, 2.75) is 6.92 Å². The molecular formula is C24H14ClN5O3S. The lowest BCUT2D eigenvalue weighted by Crippen LogP contribution is -2.00. The van der Waals surface area contributed by atoms with Crippen LogP contribution < -0.4 is 4.74 Å². The van der Waals surface area contributed by atoms with Crippen molar-refractivity contribution in [2.24, 2.45) is 0 Å². The van der Waals surface area contributed by atoms with Crippen LogP contribution in [-0.2, 0) is 0 Å². The number of pyridine rings is 1. The van der Waals surface area contributed by atoms with Gasteiger partial charge in [0.25, 0.3) is 5.69 Å². The quantitative estimate of drug-likeness (QED) is 0.160. The average molecular weight is 488 g/mol. The molecule has 8 nitrogen and oxygen atoms in total. The first kappa shape index (κ1) is 21.7. The van der Waals surface area contributed by atoms with E-state index in [9.17, 15) is 15.4 Å². The van der Waals surface area contributed by atoms with Crippen LogP contribution in [0.2, 0.25) is 5.15 Å². The van der Waals surface area contributed by atoms with Crippen molar-refractivity contribution in [3.8, 4) is 34.5 Å².